The quantitative estimate of drug-likeness (QED) is 0.820. The Kier molecular flexibility index (Phi) is 3.75. The Labute approximate surface area is 93.1 Å². The fourth-order valence-electron chi connectivity index (χ4n) is 1.57. The molecule has 2 nitrogen and oxygen atoms in total. The van der Waals surface area contributed by atoms with E-state index in [1.54, 1.807) is 0 Å². The zero-order valence-electron chi connectivity index (χ0n) is 10.2. The molecule has 2 heteroatoms. The Morgan fingerprint density at radius 2 is 1.87 bits per heavy atom. The molecule has 1 rings (SSSR count). The van der Waals surface area contributed by atoms with Crippen LogP contribution in [0.4, 0.5) is 5.69 Å². The molecule has 1 aromatic carbocycles. The molecule has 0 aliphatic rings. The smallest absolute Gasteiger partial charge is 0.0393 e. The van der Waals surface area contributed by atoms with Gasteiger partial charge in [-0.1, -0.05) is 18.2 Å². The van der Waals surface area contributed by atoms with Gasteiger partial charge in [-0.25, -0.2) is 0 Å². The summed E-state index contributed by atoms with van der Waals surface area (Å²) in [6.07, 6.45) is 0.998. The first-order chi connectivity index (χ1) is 6.90. The van der Waals surface area contributed by atoms with Crippen molar-refractivity contribution < 1.29 is 0 Å². The molecular weight excluding hydrogens is 184 g/mol. The molecule has 0 amide bonds. The van der Waals surface area contributed by atoms with E-state index in [0.29, 0.717) is 0 Å². The second-order valence-corrected chi connectivity index (χ2v) is 4.95. The zero-order valence-corrected chi connectivity index (χ0v) is 10.2. The first kappa shape index (κ1) is 12.1. The van der Waals surface area contributed by atoms with E-state index >= 15 is 0 Å². The van der Waals surface area contributed by atoms with Crippen LogP contribution in [0.5, 0.6) is 0 Å². The van der Waals surface area contributed by atoms with Crippen molar-refractivity contribution >= 4 is 5.69 Å². The monoisotopic (exact) mass is 206 g/mol. The number of anilines is 1. The van der Waals surface area contributed by atoms with Gasteiger partial charge < -0.3 is 10.6 Å². The van der Waals surface area contributed by atoms with E-state index in [1.165, 1.54) is 11.3 Å². The summed E-state index contributed by atoms with van der Waals surface area (Å²) in [6, 6.07) is 8.43. The molecule has 0 heterocycles. The van der Waals surface area contributed by atoms with Gasteiger partial charge in [0.05, 0.1) is 0 Å². The normalized spacial score (nSPS) is 11.5. The van der Waals surface area contributed by atoms with E-state index in [4.69, 9.17) is 5.73 Å². The average Bonchev–Trinajstić information content (AvgIpc) is 2.14. The molecule has 0 aliphatic heterocycles. The Morgan fingerprint density at radius 3 is 2.40 bits per heavy atom. The van der Waals surface area contributed by atoms with Crippen LogP contribution in [0.25, 0.3) is 0 Å². The van der Waals surface area contributed by atoms with Crippen LogP contribution in [-0.2, 0) is 0 Å². The van der Waals surface area contributed by atoms with Crippen LogP contribution < -0.4 is 10.6 Å². The summed E-state index contributed by atoms with van der Waals surface area (Å²) in [4.78, 5) is 2.27. The first-order valence-corrected chi connectivity index (χ1v) is 5.46. The summed E-state index contributed by atoms with van der Waals surface area (Å²) in [5, 5.41) is 0. The molecule has 2 N–H and O–H groups in total. The first-order valence-electron chi connectivity index (χ1n) is 5.46. The van der Waals surface area contributed by atoms with E-state index < -0.39 is 0 Å². The third-order valence-corrected chi connectivity index (χ3v) is 2.62. The highest BCUT2D eigenvalue weighted by molar-refractivity contribution is 5.52. The minimum absolute atomic E-state index is 0.0864. The number of rotatable bonds is 4. The van der Waals surface area contributed by atoms with Crippen LogP contribution >= 0.6 is 0 Å². The molecular formula is C13H22N2. The van der Waals surface area contributed by atoms with E-state index in [2.05, 4.69) is 57.0 Å². The Balaban J connectivity index is 2.62. The van der Waals surface area contributed by atoms with E-state index in [1.807, 2.05) is 0 Å². The van der Waals surface area contributed by atoms with Crippen molar-refractivity contribution in [1.29, 1.82) is 0 Å². The Bertz CT molecular complexity index is 313. The van der Waals surface area contributed by atoms with Gasteiger partial charge in [0.25, 0.3) is 0 Å². The van der Waals surface area contributed by atoms with Crippen LogP contribution in [0.3, 0.4) is 0 Å². The SMILES string of the molecule is Cc1ccccc1N(C)CCC(C)(C)N. The van der Waals surface area contributed by atoms with Crippen molar-refractivity contribution in [2.24, 2.45) is 5.73 Å². The lowest BCUT2D eigenvalue weighted by Gasteiger charge is -2.26. The third kappa shape index (κ3) is 3.92. The highest BCUT2D eigenvalue weighted by atomic mass is 15.1. The van der Waals surface area contributed by atoms with Crippen molar-refractivity contribution in [2.45, 2.75) is 32.7 Å². The molecule has 0 unspecified atom stereocenters. The number of hydrogen-bond donors (Lipinski definition) is 1. The second-order valence-electron chi connectivity index (χ2n) is 4.95. The summed E-state index contributed by atoms with van der Waals surface area (Å²) in [6.45, 7) is 7.27. The topological polar surface area (TPSA) is 29.3 Å². The lowest BCUT2D eigenvalue weighted by molar-refractivity contribution is 0.479. The van der Waals surface area contributed by atoms with Crippen molar-refractivity contribution in [3.8, 4) is 0 Å². The molecule has 0 fully saturated rings. The molecule has 0 radical (unpaired) electrons. The molecule has 0 saturated heterocycles. The minimum Gasteiger partial charge on any atom is -0.374 e. The van der Waals surface area contributed by atoms with Crippen LogP contribution in [0.15, 0.2) is 24.3 Å². The Hall–Kier alpha value is -1.02. The van der Waals surface area contributed by atoms with Crippen LogP contribution in [0, 0.1) is 6.92 Å². The molecule has 0 atom stereocenters. The molecule has 1 aromatic rings. The summed E-state index contributed by atoms with van der Waals surface area (Å²) in [5.41, 5.74) is 8.49. The van der Waals surface area contributed by atoms with E-state index in [-0.39, 0.29) is 5.54 Å². The van der Waals surface area contributed by atoms with Gasteiger partial charge in [0, 0.05) is 24.8 Å². The molecule has 0 aromatic heterocycles. The molecule has 0 spiro atoms. The van der Waals surface area contributed by atoms with Gasteiger partial charge in [0.1, 0.15) is 0 Å². The summed E-state index contributed by atoms with van der Waals surface area (Å²) < 4.78 is 0. The van der Waals surface area contributed by atoms with Crippen molar-refractivity contribution in [1.82, 2.24) is 0 Å². The van der Waals surface area contributed by atoms with E-state index in [0.717, 1.165) is 13.0 Å². The number of nitrogens with two attached hydrogens (primary N) is 1. The number of aryl methyl sites for hydroxylation is 1. The molecule has 15 heavy (non-hydrogen) atoms. The summed E-state index contributed by atoms with van der Waals surface area (Å²) in [7, 11) is 2.12. The van der Waals surface area contributed by atoms with Gasteiger partial charge in [0.15, 0.2) is 0 Å². The van der Waals surface area contributed by atoms with Crippen molar-refractivity contribution in [3.63, 3.8) is 0 Å². The lowest BCUT2D eigenvalue weighted by atomic mass is 10.0. The number of benzene rings is 1. The number of nitrogens with zero attached hydrogens (tertiary/aromatic N) is 1. The summed E-state index contributed by atoms with van der Waals surface area (Å²) >= 11 is 0. The van der Waals surface area contributed by atoms with Crippen molar-refractivity contribution in [2.75, 3.05) is 18.5 Å². The lowest BCUT2D eigenvalue weighted by Crippen LogP contribution is -2.36. The van der Waals surface area contributed by atoms with Gasteiger partial charge in [-0.3, -0.25) is 0 Å². The highest BCUT2D eigenvalue weighted by Gasteiger charge is 2.12. The van der Waals surface area contributed by atoms with E-state index in [9.17, 15) is 0 Å². The fourth-order valence-corrected chi connectivity index (χ4v) is 1.57. The van der Waals surface area contributed by atoms with Crippen LogP contribution in [0.2, 0.25) is 0 Å². The van der Waals surface area contributed by atoms with Gasteiger partial charge in [-0.05, 0) is 38.8 Å². The van der Waals surface area contributed by atoms with Gasteiger partial charge in [-0.2, -0.15) is 0 Å². The summed E-state index contributed by atoms with van der Waals surface area (Å²) in [5.74, 6) is 0. The second kappa shape index (κ2) is 4.67. The number of para-hydroxylation sites is 1. The average molecular weight is 206 g/mol. The fraction of sp³-hybridized carbons (Fsp3) is 0.538. The van der Waals surface area contributed by atoms with Gasteiger partial charge >= 0.3 is 0 Å². The minimum atomic E-state index is -0.0864. The third-order valence-electron chi connectivity index (χ3n) is 2.62. The van der Waals surface area contributed by atoms with Gasteiger partial charge in [-0.15, -0.1) is 0 Å². The van der Waals surface area contributed by atoms with Gasteiger partial charge in [0.2, 0.25) is 0 Å². The predicted octanol–water partition coefficient (Wildman–Crippen LogP) is 2.56. The molecule has 0 saturated carbocycles. The maximum absolute atomic E-state index is 5.97. The van der Waals surface area contributed by atoms with Crippen molar-refractivity contribution in [3.05, 3.63) is 29.8 Å². The van der Waals surface area contributed by atoms with Crippen LogP contribution in [-0.4, -0.2) is 19.1 Å². The molecule has 84 valence electrons. The highest BCUT2D eigenvalue weighted by Crippen LogP contribution is 2.18. The predicted molar refractivity (Wildman–Crippen MR) is 67.3 cm³/mol. The standard InChI is InChI=1S/C13H22N2/c1-11-7-5-6-8-12(11)15(4)10-9-13(2,3)14/h5-8H,9-10,14H2,1-4H3. The maximum Gasteiger partial charge on any atom is 0.0393 e. The largest absolute Gasteiger partial charge is 0.374 e. The molecule has 0 aliphatic carbocycles. The number of hydrogen-bond acceptors (Lipinski definition) is 2. The molecule has 0 bridgehead atoms. The zero-order chi connectivity index (χ0) is 11.5. The Morgan fingerprint density at radius 1 is 1.27 bits per heavy atom. The maximum atomic E-state index is 5.97. The van der Waals surface area contributed by atoms with Crippen LogP contribution in [0.1, 0.15) is 25.8 Å².